The maximum absolute atomic E-state index is 13.3. The SMILES string of the molecule is CCOC(=O)c1c(=O)c2cnc(N3CC4CN(C)CC4C3)nc2n2c1[nH]c1ccccc12. The predicted octanol–water partition coefficient (Wildman–Crippen LogP) is 1.90. The van der Waals surface area contributed by atoms with Gasteiger partial charge in [-0.05, 0) is 37.9 Å². The Labute approximate surface area is 183 Å². The number of benzene rings is 1. The number of carbonyl (C=O) groups is 1. The van der Waals surface area contributed by atoms with E-state index in [1.54, 1.807) is 13.1 Å². The van der Waals surface area contributed by atoms with Gasteiger partial charge in [0.05, 0.1) is 23.0 Å². The standard InChI is InChI=1S/C23H24N6O3/c1-3-32-22(31)18-19(30)15-8-24-23(28-11-13-9-27(2)10-14(13)12-28)26-20(15)29-17-7-5-4-6-16(17)25-21(18)29/h4-8,13-14,25H,3,9-12H2,1-2H3. The highest BCUT2D eigenvalue weighted by Gasteiger charge is 2.39. The lowest BCUT2D eigenvalue weighted by molar-refractivity contribution is 0.0527. The molecule has 2 aliphatic rings. The van der Waals surface area contributed by atoms with Crippen LogP contribution in [0.1, 0.15) is 17.3 Å². The van der Waals surface area contributed by atoms with E-state index in [-0.39, 0.29) is 12.2 Å². The second-order valence-corrected chi connectivity index (χ2v) is 8.80. The number of carbonyl (C=O) groups excluding carboxylic acids is 1. The molecule has 2 aliphatic heterocycles. The van der Waals surface area contributed by atoms with Crippen molar-refractivity contribution in [3.8, 4) is 0 Å². The number of nitrogens with one attached hydrogen (secondary N) is 1. The second-order valence-electron chi connectivity index (χ2n) is 8.80. The van der Waals surface area contributed by atoms with Gasteiger partial charge in [-0.15, -0.1) is 0 Å². The first-order valence-electron chi connectivity index (χ1n) is 11.0. The summed E-state index contributed by atoms with van der Waals surface area (Å²) >= 11 is 0. The molecule has 2 unspecified atom stereocenters. The third-order valence-corrected chi connectivity index (χ3v) is 6.73. The topological polar surface area (TPSA) is 95.8 Å². The van der Waals surface area contributed by atoms with E-state index in [1.165, 1.54) is 0 Å². The summed E-state index contributed by atoms with van der Waals surface area (Å²) in [4.78, 5) is 43.2. The highest BCUT2D eigenvalue weighted by atomic mass is 16.5. The van der Waals surface area contributed by atoms with Crippen LogP contribution in [0.25, 0.3) is 27.7 Å². The molecule has 5 heterocycles. The fraction of sp³-hybridized carbons (Fsp3) is 0.391. The zero-order chi connectivity index (χ0) is 22.0. The number of ether oxygens (including phenoxy) is 1. The molecule has 9 heteroatoms. The number of nitrogens with zero attached hydrogens (tertiary/aromatic N) is 5. The Morgan fingerprint density at radius 2 is 1.94 bits per heavy atom. The molecule has 32 heavy (non-hydrogen) atoms. The average molecular weight is 432 g/mol. The number of likely N-dealkylation sites (tertiary alicyclic amines) is 1. The molecule has 1 aromatic carbocycles. The van der Waals surface area contributed by atoms with Gasteiger partial charge in [0.15, 0.2) is 5.65 Å². The van der Waals surface area contributed by atoms with E-state index in [2.05, 4.69) is 26.8 Å². The Morgan fingerprint density at radius 3 is 2.69 bits per heavy atom. The summed E-state index contributed by atoms with van der Waals surface area (Å²) in [6.45, 7) is 5.90. The molecule has 0 spiro atoms. The number of aromatic amines is 1. The first-order valence-corrected chi connectivity index (χ1v) is 11.0. The van der Waals surface area contributed by atoms with Crippen LogP contribution in [0.3, 0.4) is 0 Å². The van der Waals surface area contributed by atoms with Crippen molar-refractivity contribution >= 4 is 39.6 Å². The number of hydrogen-bond acceptors (Lipinski definition) is 7. The van der Waals surface area contributed by atoms with Crippen LogP contribution in [0.5, 0.6) is 0 Å². The molecular weight excluding hydrogens is 408 g/mol. The third kappa shape index (κ3) is 2.74. The van der Waals surface area contributed by atoms with Gasteiger partial charge in [0.2, 0.25) is 11.4 Å². The van der Waals surface area contributed by atoms with Gasteiger partial charge in [-0.2, -0.15) is 4.98 Å². The Balaban J connectivity index is 1.58. The fourth-order valence-electron chi connectivity index (χ4n) is 5.35. The lowest BCUT2D eigenvalue weighted by atomic mass is 10.0. The van der Waals surface area contributed by atoms with Crippen molar-refractivity contribution in [1.29, 1.82) is 0 Å². The van der Waals surface area contributed by atoms with Crippen molar-refractivity contribution < 1.29 is 9.53 Å². The Kier molecular flexibility index (Phi) is 4.23. The molecule has 0 saturated carbocycles. The summed E-state index contributed by atoms with van der Waals surface area (Å²) in [6.07, 6.45) is 1.55. The van der Waals surface area contributed by atoms with Crippen molar-refractivity contribution in [2.75, 3.05) is 44.7 Å². The Morgan fingerprint density at radius 1 is 1.19 bits per heavy atom. The zero-order valence-corrected chi connectivity index (χ0v) is 18.0. The van der Waals surface area contributed by atoms with E-state index < -0.39 is 11.4 Å². The van der Waals surface area contributed by atoms with E-state index in [1.807, 2.05) is 28.7 Å². The van der Waals surface area contributed by atoms with Crippen molar-refractivity contribution in [3.63, 3.8) is 0 Å². The zero-order valence-electron chi connectivity index (χ0n) is 18.0. The van der Waals surface area contributed by atoms with Crippen molar-refractivity contribution in [2.24, 2.45) is 11.8 Å². The molecule has 6 rings (SSSR count). The second kappa shape index (κ2) is 7.03. The normalized spacial score (nSPS) is 21.1. The number of imidazole rings is 1. The maximum atomic E-state index is 13.3. The summed E-state index contributed by atoms with van der Waals surface area (Å²) < 4.78 is 7.03. The Bertz CT molecular complexity index is 1430. The van der Waals surface area contributed by atoms with E-state index in [9.17, 15) is 9.59 Å². The van der Waals surface area contributed by atoms with Crippen LogP contribution in [0.4, 0.5) is 5.95 Å². The average Bonchev–Trinajstić information content (AvgIpc) is 3.44. The summed E-state index contributed by atoms with van der Waals surface area (Å²) in [7, 11) is 2.16. The smallest absolute Gasteiger partial charge is 0.345 e. The van der Waals surface area contributed by atoms with Gasteiger partial charge in [0, 0.05) is 32.4 Å². The molecule has 0 amide bonds. The van der Waals surface area contributed by atoms with Crippen LogP contribution < -0.4 is 10.3 Å². The monoisotopic (exact) mass is 432 g/mol. The maximum Gasteiger partial charge on any atom is 0.345 e. The predicted molar refractivity (Wildman–Crippen MR) is 121 cm³/mol. The number of pyridine rings is 1. The molecule has 2 saturated heterocycles. The summed E-state index contributed by atoms with van der Waals surface area (Å²) in [6, 6.07) is 7.68. The van der Waals surface area contributed by atoms with Crippen molar-refractivity contribution in [2.45, 2.75) is 6.92 Å². The number of anilines is 1. The van der Waals surface area contributed by atoms with Crippen LogP contribution in [0.2, 0.25) is 0 Å². The van der Waals surface area contributed by atoms with E-state index in [0.29, 0.717) is 34.5 Å². The number of hydrogen-bond donors (Lipinski definition) is 1. The largest absolute Gasteiger partial charge is 0.462 e. The molecule has 4 aromatic rings. The Hall–Kier alpha value is -3.46. The van der Waals surface area contributed by atoms with E-state index >= 15 is 0 Å². The number of rotatable bonds is 3. The molecule has 9 nitrogen and oxygen atoms in total. The summed E-state index contributed by atoms with van der Waals surface area (Å²) in [5.74, 6) is 1.20. The number of para-hydroxylation sites is 2. The van der Waals surface area contributed by atoms with Gasteiger partial charge >= 0.3 is 5.97 Å². The molecule has 2 atom stereocenters. The van der Waals surface area contributed by atoms with Crippen LogP contribution in [-0.2, 0) is 4.74 Å². The quantitative estimate of drug-likeness (QED) is 0.494. The van der Waals surface area contributed by atoms with E-state index in [0.717, 1.165) is 37.2 Å². The van der Waals surface area contributed by atoms with Crippen molar-refractivity contribution in [1.82, 2.24) is 24.3 Å². The molecule has 0 radical (unpaired) electrons. The van der Waals surface area contributed by atoms with Gasteiger partial charge in [0.25, 0.3) is 0 Å². The van der Waals surface area contributed by atoms with E-state index in [4.69, 9.17) is 9.72 Å². The van der Waals surface area contributed by atoms with Gasteiger partial charge < -0.3 is 19.5 Å². The molecule has 2 fully saturated rings. The van der Waals surface area contributed by atoms with Crippen LogP contribution >= 0.6 is 0 Å². The third-order valence-electron chi connectivity index (χ3n) is 6.73. The molecular formula is C23H24N6O3. The first kappa shape index (κ1) is 19.2. The molecule has 164 valence electrons. The molecule has 3 aromatic heterocycles. The van der Waals surface area contributed by atoms with Crippen LogP contribution in [0, 0.1) is 11.8 Å². The number of H-pyrrole nitrogens is 1. The summed E-state index contributed by atoms with van der Waals surface area (Å²) in [5.41, 5.74) is 2.09. The molecule has 0 aliphatic carbocycles. The van der Waals surface area contributed by atoms with Crippen LogP contribution in [-0.4, -0.2) is 70.1 Å². The van der Waals surface area contributed by atoms with Gasteiger partial charge in [0.1, 0.15) is 11.2 Å². The van der Waals surface area contributed by atoms with Gasteiger partial charge in [-0.25, -0.2) is 9.78 Å². The van der Waals surface area contributed by atoms with Crippen molar-refractivity contribution in [3.05, 3.63) is 46.2 Å². The number of esters is 1. The summed E-state index contributed by atoms with van der Waals surface area (Å²) in [5, 5.41) is 0.304. The lowest BCUT2D eigenvalue weighted by Crippen LogP contribution is -2.28. The highest BCUT2D eigenvalue weighted by Crippen LogP contribution is 2.32. The minimum absolute atomic E-state index is 0.0226. The molecule has 0 bridgehead atoms. The minimum Gasteiger partial charge on any atom is -0.462 e. The highest BCUT2D eigenvalue weighted by molar-refractivity contribution is 6.02. The number of aromatic nitrogens is 4. The fourth-order valence-corrected chi connectivity index (χ4v) is 5.35. The van der Waals surface area contributed by atoms with Crippen LogP contribution in [0.15, 0.2) is 35.3 Å². The lowest BCUT2D eigenvalue weighted by Gasteiger charge is -2.19. The number of fused-ring (bicyclic) bond motifs is 6. The molecule has 1 N–H and O–H groups in total. The minimum atomic E-state index is -0.649. The van der Waals surface area contributed by atoms with Gasteiger partial charge in [-0.3, -0.25) is 9.20 Å². The van der Waals surface area contributed by atoms with Gasteiger partial charge in [-0.1, -0.05) is 12.1 Å². The first-order chi connectivity index (χ1) is 15.5.